The number of ether oxygens (including phenoxy) is 3. The van der Waals surface area contributed by atoms with E-state index in [1.807, 2.05) is 14.1 Å². The summed E-state index contributed by atoms with van der Waals surface area (Å²) in [6.07, 6.45) is 0. The van der Waals surface area contributed by atoms with Crippen molar-refractivity contribution in [1.82, 2.24) is 4.90 Å². The number of carbonyl (C=O) groups is 2. The van der Waals surface area contributed by atoms with E-state index in [2.05, 4.69) is 0 Å². The molecule has 1 amide bonds. The van der Waals surface area contributed by atoms with Crippen LogP contribution in [0.2, 0.25) is 0 Å². The first-order valence-electron chi connectivity index (χ1n) is 10.7. The second-order valence-electron chi connectivity index (χ2n) is 8.22. The number of amides is 1. The van der Waals surface area contributed by atoms with Crippen LogP contribution in [0.3, 0.4) is 0 Å². The van der Waals surface area contributed by atoms with Gasteiger partial charge in [-0.05, 0) is 48.4 Å². The number of rotatable bonds is 8. The van der Waals surface area contributed by atoms with E-state index in [0.29, 0.717) is 47.0 Å². The van der Waals surface area contributed by atoms with Crippen molar-refractivity contribution in [3.63, 3.8) is 0 Å². The average molecular weight is 455 g/mol. The number of nitrogens with one attached hydrogen (secondary N) is 1. The van der Waals surface area contributed by atoms with Gasteiger partial charge >= 0.3 is 0 Å². The second kappa shape index (κ2) is 9.95. The van der Waals surface area contributed by atoms with Crippen LogP contribution < -0.4 is 24.2 Å². The zero-order valence-electron chi connectivity index (χ0n) is 19.9. The molecule has 176 valence electrons. The maximum Gasteiger partial charge on any atom is 0.295 e. The van der Waals surface area contributed by atoms with E-state index in [1.54, 1.807) is 50.4 Å². The van der Waals surface area contributed by atoms with Crippen LogP contribution in [0.25, 0.3) is 5.76 Å². The molecule has 1 N–H and O–H groups in total. The van der Waals surface area contributed by atoms with Crippen LogP contribution >= 0.6 is 0 Å². The van der Waals surface area contributed by atoms with Gasteiger partial charge in [-0.25, -0.2) is 0 Å². The highest BCUT2D eigenvalue weighted by molar-refractivity contribution is 6.46. The van der Waals surface area contributed by atoms with E-state index >= 15 is 0 Å². The normalized spacial score (nSPS) is 17.5. The fraction of sp³-hybridized carbons (Fsp3) is 0.360. The summed E-state index contributed by atoms with van der Waals surface area (Å²) in [5.41, 5.74) is 1.44. The standard InChI is InChI=1S/C25H30N2O6/c1-15-13-16(31-4)7-9-18(15)23(28)21-22(19-14-17(32-5)8-10-20(19)33-6)27(12-11-26(2)3)25(30)24(21)29/h7-10,13-14,22,28H,11-12H2,1-6H3. The summed E-state index contributed by atoms with van der Waals surface area (Å²) in [6, 6.07) is 9.26. The number of carbonyl (C=O) groups excluding carboxylic acids is 2. The van der Waals surface area contributed by atoms with Gasteiger partial charge in [-0.2, -0.15) is 0 Å². The molecule has 0 spiro atoms. The van der Waals surface area contributed by atoms with Gasteiger partial charge in [0.1, 0.15) is 17.2 Å². The lowest BCUT2D eigenvalue weighted by molar-refractivity contribution is -0.857. The summed E-state index contributed by atoms with van der Waals surface area (Å²) in [4.78, 5) is 28.8. The molecule has 0 saturated carbocycles. The number of nitrogens with zero attached hydrogens (tertiary/aromatic N) is 1. The molecule has 0 bridgehead atoms. The van der Waals surface area contributed by atoms with Gasteiger partial charge in [-0.3, -0.25) is 9.59 Å². The minimum absolute atomic E-state index is 0.0893. The molecule has 1 saturated heterocycles. The number of hydrogen-bond acceptors (Lipinski definition) is 6. The number of quaternary nitrogens is 1. The minimum Gasteiger partial charge on any atom is -0.872 e. The summed E-state index contributed by atoms with van der Waals surface area (Å²) >= 11 is 0. The zero-order valence-corrected chi connectivity index (χ0v) is 19.9. The Morgan fingerprint density at radius 2 is 1.64 bits per heavy atom. The first-order chi connectivity index (χ1) is 15.7. The molecule has 1 heterocycles. The van der Waals surface area contributed by atoms with E-state index in [1.165, 1.54) is 19.1 Å². The Balaban J connectivity index is 2.26. The number of Topliss-reactive ketones (excluding diaryl/α,β-unsaturated/α-hetero) is 1. The summed E-state index contributed by atoms with van der Waals surface area (Å²) in [5, 5.41) is 13.7. The molecule has 0 aromatic heterocycles. The van der Waals surface area contributed by atoms with Crippen molar-refractivity contribution in [3.8, 4) is 17.2 Å². The summed E-state index contributed by atoms with van der Waals surface area (Å²) < 4.78 is 16.1. The molecule has 1 atom stereocenters. The highest BCUT2D eigenvalue weighted by Gasteiger charge is 2.45. The zero-order chi connectivity index (χ0) is 24.3. The minimum atomic E-state index is -0.886. The van der Waals surface area contributed by atoms with Crippen molar-refractivity contribution in [3.05, 3.63) is 58.7 Å². The lowest BCUT2D eigenvalue weighted by Gasteiger charge is -2.29. The van der Waals surface area contributed by atoms with E-state index in [0.717, 1.165) is 4.90 Å². The Morgan fingerprint density at radius 3 is 2.21 bits per heavy atom. The molecule has 1 aliphatic rings. The van der Waals surface area contributed by atoms with Crippen LogP contribution in [0, 0.1) is 6.92 Å². The van der Waals surface area contributed by atoms with Crippen LogP contribution in [0.1, 0.15) is 22.7 Å². The van der Waals surface area contributed by atoms with Gasteiger partial charge in [-0.1, -0.05) is 11.8 Å². The molecule has 3 rings (SSSR count). The molecule has 0 aliphatic carbocycles. The van der Waals surface area contributed by atoms with Crippen LogP contribution in [-0.4, -0.2) is 65.1 Å². The predicted molar refractivity (Wildman–Crippen MR) is 121 cm³/mol. The molecule has 0 radical (unpaired) electrons. The Labute approximate surface area is 194 Å². The fourth-order valence-corrected chi connectivity index (χ4v) is 3.98. The molecule has 8 heteroatoms. The molecule has 8 nitrogen and oxygen atoms in total. The SMILES string of the molecule is COc1ccc(C([O-])=C2C(=O)C(=O)N(CC[NH+](C)C)C2c2cc(OC)ccc2OC)c(C)c1. The van der Waals surface area contributed by atoms with Crippen molar-refractivity contribution >= 4 is 17.4 Å². The monoisotopic (exact) mass is 454 g/mol. The van der Waals surface area contributed by atoms with Gasteiger partial charge < -0.3 is 29.1 Å². The first kappa shape index (κ1) is 24.1. The molecule has 33 heavy (non-hydrogen) atoms. The van der Waals surface area contributed by atoms with Crippen LogP contribution in [0.4, 0.5) is 0 Å². The Hall–Kier alpha value is -3.52. The number of hydrogen-bond donors (Lipinski definition) is 1. The number of likely N-dealkylation sites (N-methyl/N-ethyl adjacent to an activating group) is 1. The lowest BCUT2D eigenvalue weighted by Crippen LogP contribution is -3.06. The highest BCUT2D eigenvalue weighted by Crippen LogP contribution is 2.43. The molecular weight excluding hydrogens is 424 g/mol. The summed E-state index contributed by atoms with van der Waals surface area (Å²) in [6.45, 7) is 2.67. The number of likely N-dealkylation sites (tertiary alicyclic amines) is 1. The van der Waals surface area contributed by atoms with Gasteiger partial charge in [0.15, 0.2) is 0 Å². The third-order valence-electron chi connectivity index (χ3n) is 5.79. The Bertz CT molecular complexity index is 1090. The molecular formula is C25H30N2O6. The smallest absolute Gasteiger partial charge is 0.295 e. The van der Waals surface area contributed by atoms with Crippen LogP contribution in [0.15, 0.2) is 42.0 Å². The molecule has 1 aliphatic heterocycles. The molecule has 1 unspecified atom stereocenters. The van der Waals surface area contributed by atoms with Gasteiger partial charge in [0.2, 0.25) is 5.78 Å². The van der Waals surface area contributed by atoms with Crippen molar-refractivity contribution in [1.29, 1.82) is 0 Å². The quantitative estimate of drug-likeness (QED) is 0.353. The van der Waals surface area contributed by atoms with Crippen LogP contribution in [-0.2, 0) is 9.59 Å². The van der Waals surface area contributed by atoms with Crippen molar-refractivity contribution in [2.45, 2.75) is 13.0 Å². The largest absolute Gasteiger partial charge is 0.872 e. The second-order valence-corrected chi connectivity index (χ2v) is 8.22. The van der Waals surface area contributed by atoms with Gasteiger partial charge in [-0.15, -0.1) is 0 Å². The maximum atomic E-state index is 13.7. The number of methoxy groups -OCH3 is 3. The fourth-order valence-electron chi connectivity index (χ4n) is 3.98. The number of benzene rings is 2. The van der Waals surface area contributed by atoms with Gasteiger partial charge in [0.25, 0.3) is 5.91 Å². The molecule has 1 fully saturated rings. The van der Waals surface area contributed by atoms with Crippen molar-refractivity contribution in [2.24, 2.45) is 0 Å². The predicted octanol–water partition coefficient (Wildman–Crippen LogP) is 0.389. The van der Waals surface area contributed by atoms with Gasteiger partial charge in [0.05, 0.1) is 54.6 Å². The van der Waals surface area contributed by atoms with Crippen molar-refractivity contribution < 1.29 is 33.8 Å². The summed E-state index contributed by atoms with van der Waals surface area (Å²) in [5.74, 6) is -0.377. The third-order valence-corrected chi connectivity index (χ3v) is 5.79. The lowest BCUT2D eigenvalue weighted by atomic mass is 9.93. The maximum absolute atomic E-state index is 13.7. The van der Waals surface area contributed by atoms with E-state index in [9.17, 15) is 14.7 Å². The summed E-state index contributed by atoms with van der Waals surface area (Å²) in [7, 11) is 8.49. The molecule has 2 aromatic rings. The number of ketones is 1. The third kappa shape index (κ3) is 4.66. The first-order valence-corrected chi connectivity index (χ1v) is 10.7. The van der Waals surface area contributed by atoms with E-state index in [4.69, 9.17) is 14.2 Å². The van der Waals surface area contributed by atoms with E-state index < -0.39 is 23.5 Å². The topological polar surface area (TPSA) is 92.6 Å². The van der Waals surface area contributed by atoms with E-state index in [-0.39, 0.29) is 5.57 Å². The van der Waals surface area contributed by atoms with Gasteiger partial charge in [0, 0.05) is 11.1 Å². The average Bonchev–Trinajstić information content (AvgIpc) is 3.06. The highest BCUT2D eigenvalue weighted by atomic mass is 16.5. The molecule has 2 aromatic carbocycles. The Morgan fingerprint density at radius 1 is 1.00 bits per heavy atom. The van der Waals surface area contributed by atoms with Crippen molar-refractivity contribution in [2.75, 3.05) is 48.5 Å². The number of aryl methyl sites for hydroxylation is 1. The van der Waals surface area contributed by atoms with Crippen LogP contribution in [0.5, 0.6) is 17.2 Å². The Kier molecular flexibility index (Phi) is 7.28.